The fourth-order valence-corrected chi connectivity index (χ4v) is 2.85. The third-order valence-corrected chi connectivity index (χ3v) is 4.33. The van der Waals surface area contributed by atoms with Crippen molar-refractivity contribution < 1.29 is 14.2 Å². The molecule has 1 aromatic rings. The Labute approximate surface area is 162 Å². The van der Waals surface area contributed by atoms with E-state index in [2.05, 4.69) is 33.4 Å². The molecule has 1 heterocycles. The molecule has 0 atom stereocenters. The van der Waals surface area contributed by atoms with Crippen molar-refractivity contribution in [3.05, 3.63) is 35.4 Å². The van der Waals surface area contributed by atoms with E-state index in [4.69, 9.17) is 19.9 Å². The lowest BCUT2D eigenvalue weighted by atomic mass is 10.1. The monoisotopic (exact) mass is 378 g/mol. The lowest BCUT2D eigenvalue weighted by molar-refractivity contribution is 0.0376. The van der Waals surface area contributed by atoms with Gasteiger partial charge < -0.3 is 25.3 Å². The van der Waals surface area contributed by atoms with E-state index in [-0.39, 0.29) is 0 Å². The van der Waals surface area contributed by atoms with Gasteiger partial charge in [0, 0.05) is 26.2 Å². The molecule has 0 aromatic heterocycles. The van der Waals surface area contributed by atoms with Crippen LogP contribution in [0, 0.1) is 0 Å². The molecular formula is C20H34N4O3. The minimum absolute atomic E-state index is 0.496. The lowest BCUT2D eigenvalue weighted by Gasteiger charge is -2.26. The summed E-state index contributed by atoms with van der Waals surface area (Å²) in [6, 6.07) is 8.24. The summed E-state index contributed by atoms with van der Waals surface area (Å²) in [5.41, 5.74) is 8.23. The number of rotatable bonds is 12. The number of aliphatic imine (C=N–C) groups is 1. The summed E-state index contributed by atoms with van der Waals surface area (Å²) in [4.78, 5) is 6.85. The number of ether oxygens (including phenoxy) is 3. The molecule has 27 heavy (non-hydrogen) atoms. The minimum atomic E-state index is 0.496. The van der Waals surface area contributed by atoms with E-state index in [0.29, 0.717) is 32.3 Å². The van der Waals surface area contributed by atoms with Gasteiger partial charge in [-0.25, -0.2) is 4.99 Å². The molecule has 2 rings (SSSR count). The zero-order valence-corrected chi connectivity index (χ0v) is 16.5. The highest BCUT2D eigenvalue weighted by Crippen LogP contribution is 2.08. The maximum atomic E-state index is 5.97. The predicted octanol–water partition coefficient (Wildman–Crippen LogP) is 1.37. The summed E-state index contributed by atoms with van der Waals surface area (Å²) in [5, 5.41) is 3.19. The largest absolute Gasteiger partial charge is 0.379 e. The number of benzene rings is 1. The van der Waals surface area contributed by atoms with E-state index in [0.717, 1.165) is 63.5 Å². The van der Waals surface area contributed by atoms with Crippen molar-refractivity contribution in [3.63, 3.8) is 0 Å². The minimum Gasteiger partial charge on any atom is -0.379 e. The van der Waals surface area contributed by atoms with Gasteiger partial charge in [0.05, 0.1) is 39.6 Å². The van der Waals surface area contributed by atoms with Crippen molar-refractivity contribution in [1.82, 2.24) is 10.2 Å². The summed E-state index contributed by atoms with van der Waals surface area (Å²) in [5.74, 6) is 0.496. The highest BCUT2D eigenvalue weighted by Gasteiger charge is 2.08. The molecule has 0 bridgehead atoms. The normalized spacial score (nSPS) is 15.8. The van der Waals surface area contributed by atoms with Crippen LogP contribution in [0.2, 0.25) is 0 Å². The molecule has 0 spiro atoms. The van der Waals surface area contributed by atoms with Gasteiger partial charge in [0.25, 0.3) is 0 Å². The van der Waals surface area contributed by atoms with Crippen LogP contribution in [0.25, 0.3) is 0 Å². The van der Waals surface area contributed by atoms with E-state index in [9.17, 15) is 0 Å². The molecule has 152 valence electrons. The van der Waals surface area contributed by atoms with Crippen LogP contribution in [0.4, 0.5) is 0 Å². The molecule has 0 radical (unpaired) electrons. The molecule has 7 nitrogen and oxygen atoms in total. The lowest BCUT2D eigenvalue weighted by Crippen LogP contribution is -2.39. The van der Waals surface area contributed by atoms with E-state index < -0.39 is 0 Å². The van der Waals surface area contributed by atoms with Crippen LogP contribution in [-0.4, -0.2) is 70.1 Å². The van der Waals surface area contributed by atoms with Crippen LogP contribution in [-0.2, 0) is 27.4 Å². The first kappa shape index (κ1) is 21.6. The van der Waals surface area contributed by atoms with Gasteiger partial charge in [-0.3, -0.25) is 4.90 Å². The van der Waals surface area contributed by atoms with E-state index in [1.54, 1.807) is 0 Å². The third-order valence-electron chi connectivity index (χ3n) is 4.33. The molecule has 0 amide bonds. The third kappa shape index (κ3) is 9.72. The van der Waals surface area contributed by atoms with Gasteiger partial charge in [-0.05, 0) is 31.0 Å². The molecule has 0 saturated carbocycles. The van der Waals surface area contributed by atoms with Crippen molar-refractivity contribution in [2.45, 2.75) is 26.5 Å². The van der Waals surface area contributed by atoms with Gasteiger partial charge in [0.15, 0.2) is 5.96 Å². The van der Waals surface area contributed by atoms with Crippen LogP contribution in [0.5, 0.6) is 0 Å². The number of morpholine rings is 1. The summed E-state index contributed by atoms with van der Waals surface area (Å²) in [6.07, 6.45) is 1.05. The van der Waals surface area contributed by atoms with Crippen molar-refractivity contribution in [2.24, 2.45) is 10.7 Å². The molecule has 1 aromatic carbocycles. The quantitative estimate of drug-likeness (QED) is 0.325. The summed E-state index contributed by atoms with van der Waals surface area (Å²) < 4.78 is 16.2. The second-order valence-electron chi connectivity index (χ2n) is 6.51. The Morgan fingerprint density at radius 2 is 2.00 bits per heavy atom. The van der Waals surface area contributed by atoms with Gasteiger partial charge >= 0.3 is 0 Å². The van der Waals surface area contributed by atoms with Crippen LogP contribution in [0.1, 0.15) is 24.5 Å². The average molecular weight is 379 g/mol. The Morgan fingerprint density at radius 3 is 2.81 bits per heavy atom. The molecule has 1 saturated heterocycles. The first-order valence-electron chi connectivity index (χ1n) is 9.85. The zero-order valence-electron chi connectivity index (χ0n) is 16.5. The first-order chi connectivity index (χ1) is 13.3. The molecule has 0 unspecified atom stereocenters. The second-order valence-corrected chi connectivity index (χ2v) is 6.51. The van der Waals surface area contributed by atoms with Crippen LogP contribution in [0.3, 0.4) is 0 Å². The summed E-state index contributed by atoms with van der Waals surface area (Å²) >= 11 is 0. The number of nitrogens with zero attached hydrogens (tertiary/aromatic N) is 2. The average Bonchev–Trinajstić information content (AvgIpc) is 2.71. The van der Waals surface area contributed by atoms with Gasteiger partial charge in [-0.2, -0.15) is 0 Å². The fraction of sp³-hybridized carbons (Fsp3) is 0.650. The highest BCUT2D eigenvalue weighted by atomic mass is 16.5. The maximum Gasteiger partial charge on any atom is 0.188 e. The Kier molecular flexibility index (Phi) is 10.8. The van der Waals surface area contributed by atoms with Crippen LogP contribution < -0.4 is 11.1 Å². The van der Waals surface area contributed by atoms with E-state index in [1.165, 1.54) is 0 Å². The van der Waals surface area contributed by atoms with Crippen molar-refractivity contribution in [3.8, 4) is 0 Å². The molecule has 1 fully saturated rings. The molecule has 7 heteroatoms. The highest BCUT2D eigenvalue weighted by molar-refractivity contribution is 5.77. The fourth-order valence-electron chi connectivity index (χ4n) is 2.85. The first-order valence-corrected chi connectivity index (χ1v) is 9.85. The SMILES string of the molecule is CCOCCOCc1cccc(CN=C(N)NCCCN2CCOCC2)c1. The number of guanidine groups is 1. The van der Waals surface area contributed by atoms with E-state index >= 15 is 0 Å². The zero-order chi connectivity index (χ0) is 19.2. The van der Waals surface area contributed by atoms with Crippen LogP contribution >= 0.6 is 0 Å². The Morgan fingerprint density at radius 1 is 1.22 bits per heavy atom. The summed E-state index contributed by atoms with van der Waals surface area (Å²) in [7, 11) is 0. The predicted molar refractivity (Wildman–Crippen MR) is 108 cm³/mol. The summed E-state index contributed by atoms with van der Waals surface area (Å²) in [6.45, 7) is 10.7. The number of nitrogens with one attached hydrogen (secondary N) is 1. The van der Waals surface area contributed by atoms with Crippen molar-refractivity contribution in [2.75, 3.05) is 59.2 Å². The number of hydrogen-bond acceptors (Lipinski definition) is 5. The Balaban J connectivity index is 1.62. The molecule has 1 aliphatic heterocycles. The van der Waals surface area contributed by atoms with Crippen molar-refractivity contribution in [1.29, 1.82) is 0 Å². The standard InChI is InChI=1S/C20H34N4O3/c1-2-25-13-14-27-17-19-6-3-5-18(15-19)16-23-20(21)22-7-4-8-24-9-11-26-12-10-24/h3,5-6,15H,2,4,7-14,16-17H2,1H3,(H3,21,22,23). The molecule has 3 N–H and O–H groups in total. The van der Waals surface area contributed by atoms with Gasteiger partial charge in [0.2, 0.25) is 0 Å². The van der Waals surface area contributed by atoms with Gasteiger partial charge in [-0.15, -0.1) is 0 Å². The topological polar surface area (TPSA) is 81.3 Å². The van der Waals surface area contributed by atoms with Gasteiger partial charge in [-0.1, -0.05) is 24.3 Å². The molecule has 1 aliphatic rings. The van der Waals surface area contributed by atoms with Crippen LogP contribution in [0.15, 0.2) is 29.3 Å². The maximum absolute atomic E-state index is 5.97. The molecule has 0 aliphatic carbocycles. The van der Waals surface area contributed by atoms with Gasteiger partial charge in [0.1, 0.15) is 0 Å². The Hall–Kier alpha value is -1.67. The smallest absolute Gasteiger partial charge is 0.188 e. The van der Waals surface area contributed by atoms with E-state index in [1.807, 2.05) is 13.0 Å². The second kappa shape index (κ2) is 13.5. The molecular weight excluding hydrogens is 344 g/mol. The van der Waals surface area contributed by atoms with Crippen molar-refractivity contribution >= 4 is 5.96 Å². The Bertz CT molecular complexity index is 548. The number of nitrogens with two attached hydrogens (primary N) is 1. The number of hydrogen-bond donors (Lipinski definition) is 2.